The van der Waals surface area contributed by atoms with Gasteiger partial charge in [-0.05, 0) is 49.4 Å². The van der Waals surface area contributed by atoms with Gasteiger partial charge in [0.2, 0.25) is 0 Å². The van der Waals surface area contributed by atoms with Crippen molar-refractivity contribution in [2.24, 2.45) is 11.7 Å². The predicted molar refractivity (Wildman–Crippen MR) is 83.3 cm³/mol. The van der Waals surface area contributed by atoms with Crippen molar-refractivity contribution in [2.45, 2.75) is 40.7 Å². The van der Waals surface area contributed by atoms with E-state index in [2.05, 4.69) is 52.6 Å². The summed E-state index contributed by atoms with van der Waals surface area (Å²) in [5.74, 6) is 1.51. The van der Waals surface area contributed by atoms with Crippen molar-refractivity contribution >= 4 is 5.69 Å². The molecule has 108 valence electrons. The molecule has 2 N–H and O–H groups in total. The molecular formula is C16H28N2O. The minimum atomic E-state index is 0.353. The maximum Gasteiger partial charge on any atom is 0.125 e. The molecular weight excluding hydrogens is 236 g/mol. The van der Waals surface area contributed by atoms with Gasteiger partial charge in [0.15, 0.2) is 0 Å². The van der Waals surface area contributed by atoms with E-state index in [1.807, 2.05) is 0 Å². The average molecular weight is 264 g/mol. The minimum absolute atomic E-state index is 0.353. The molecule has 0 bridgehead atoms. The molecule has 0 radical (unpaired) electrons. The van der Waals surface area contributed by atoms with Gasteiger partial charge < -0.3 is 15.4 Å². The number of likely N-dealkylation sites (N-methyl/N-ethyl adjacent to an activating group) is 1. The summed E-state index contributed by atoms with van der Waals surface area (Å²) in [4.78, 5) is 2.30. The van der Waals surface area contributed by atoms with E-state index in [9.17, 15) is 0 Å². The van der Waals surface area contributed by atoms with E-state index < -0.39 is 0 Å². The van der Waals surface area contributed by atoms with Crippen LogP contribution in [0.5, 0.6) is 5.75 Å². The van der Waals surface area contributed by atoms with E-state index in [1.165, 1.54) is 22.4 Å². The number of benzene rings is 1. The molecule has 1 aromatic rings. The van der Waals surface area contributed by atoms with Crippen LogP contribution in [0, 0.1) is 26.7 Å². The second-order valence-electron chi connectivity index (χ2n) is 5.65. The van der Waals surface area contributed by atoms with Crippen LogP contribution in [0.4, 0.5) is 5.69 Å². The first-order valence-electron chi connectivity index (χ1n) is 6.92. The fourth-order valence-electron chi connectivity index (χ4n) is 2.77. The quantitative estimate of drug-likeness (QED) is 0.888. The highest BCUT2D eigenvalue weighted by atomic mass is 16.5. The van der Waals surface area contributed by atoms with E-state index in [-0.39, 0.29) is 0 Å². The maximum atomic E-state index is 5.93. The van der Waals surface area contributed by atoms with Gasteiger partial charge in [-0.3, -0.25) is 0 Å². The lowest BCUT2D eigenvalue weighted by Gasteiger charge is -2.34. The van der Waals surface area contributed by atoms with Crippen LogP contribution in [0.15, 0.2) is 6.07 Å². The molecule has 1 aromatic carbocycles. The van der Waals surface area contributed by atoms with Crippen molar-refractivity contribution in [1.82, 2.24) is 0 Å². The first-order valence-corrected chi connectivity index (χ1v) is 6.92. The standard InChI is InChI=1S/C16H28N2O/c1-10(2)15(9-17)18(6)14-8-11(3)16(19-7)13(5)12(14)4/h8,10,15H,9,17H2,1-7H3. The lowest BCUT2D eigenvalue weighted by molar-refractivity contribution is 0.408. The number of nitrogens with two attached hydrogens (primary N) is 1. The Bertz CT molecular complexity index is 441. The average Bonchev–Trinajstić information content (AvgIpc) is 2.34. The third-order valence-electron chi connectivity index (χ3n) is 4.09. The molecule has 0 aliphatic rings. The Morgan fingerprint density at radius 1 is 1.21 bits per heavy atom. The van der Waals surface area contributed by atoms with Crippen LogP contribution in [0.1, 0.15) is 30.5 Å². The first-order chi connectivity index (χ1) is 8.84. The van der Waals surface area contributed by atoms with Crippen LogP contribution in [-0.4, -0.2) is 26.7 Å². The molecule has 0 spiro atoms. The summed E-state index contributed by atoms with van der Waals surface area (Å²) < 4.78 is 5.48. The lowest BCUT2D eigenvalue weighted by atomic mass is 9.98. The molecule has 0 heterocycles. The normalized spacial score (nSPS) is 12.7. The third-order valence-corrected chi connectivity index (χ3v) is 4.09. The lowest BCUT2D eigenvalue weighted by Crippen LogP contribution is -2.42. The zero-order chi connectivity index (χ0) is 14.7. The van der Waals surface area contributed by atoms with Gasteiger partial charge in [0, 0.05) is 25.3 Å². The summed E-state index contributed by atoms with van der Waals surface area (Å²) in [6.07, 6.45) is 0. The number of aryl methyl sites for hydroxylation is 1. The van der Waals surface area contributed by atoms with E-state index >= 15 is 0 Å². The molecule has 1 rings (SSSR count). The molecule has 3 heteroatoms. The smallest absolute Gasteiger partial charge is 0.125 e. The highest BCUT2D eigenvalue weighted by Gasteiger charge is 2.21. The van der Waals surface area contributed by atoms with Gasteiger partial charge in [0.25, 0.3) is 0 Å². The summed E-state index contributed by atoms with van der Waals surface area (Å²) in [6.45, 7) is 11.5. The molecule has 0 aromatic heterocycles. The zero-order valence-corrected chi connectivity index (χ0v) is 13.4. The van der Waals surface area contributed by atoms with Crippen molar-refractivity contribution in [3.63, 3.8) is 0 Å². The number of hydrogen-bond donors (Lipinski definition) is 1. The Hall–Kier alpha value is -1.22. The van der Waals surface area contributed by atoms with Gasteiger partial charge in [0.1, 0.15) is 5.75 Å². The first kappa shape index (κ1) is 15.8. The van der Waals surface area contributed by atoms with Crippen LogP contribution >= 0.6 is 0 Å². The van der Waals surface area contributed by atoms with Crippen molar-refractivity contribution in [2.75, 3.05) is 25.6 Å². The van der Waals surface area contributed by atoms with Gasteiger partial charge in [-0.15, -0.1) is 0 Å². The summed E-state index contributed by atoms with van der Waals surface area (Å²) in [6, 6.07) is 2.55. The number of ether oxygens (including phenoxy) is 1. The molecule has 19 heavy (non-hydrogen) atoms. The van der Waals surface area contributed by atoms with E-state index in [0.717, 1.165) is 5.75 Å². The number of rotatable bonds is 5. The summed E-state index contributed by atoms with van der Waals surface area (Å²) in [7, 11) is 3.86. The fraction of sp³-hybridized carbons (Fsp3) is 0.625. The number of hydrogen-bond acceptors (Lipinski definition) is 3. The third kappa shape index (κ3) is 3.03. The van der Waals surface area contributed by atoms with Crippen molar-refractivity contribution in [3.8, 4) is 5.75 Å². The molecule has 0 aliphatic heterocycles. The zero-order valence-electron chi connectivity index (χ0n) is 13.4. The van der Waals surface area contributed by atoms with Gasteiger partial charge in [-0.2, -0.15) is 0 Å². The number of nitrogens with zero attached hydrogens (tertiary/aromatic N) is 1. The van der Waals surface area contributed by atoms with Gasteiger partial charge in [-0.1, -0.05) is 13.8 Å². The fourth-order valence-corrected chi connectivity index (χ4v) is 2.77. The molecule has 0 aliphatic carbocycles. The maximum absolute atomic E-state index is 5.93. The van der Waals surface area contributed by atoms with Crippen LogP contribution < -0.4 is 15.4 Å². The highest BCUT2D eigenvalue weighted by molar-refractivity contribution is 5.63. The SMILES string of the molecule is COc1c(C)cc(N(C)C(CN)C(C)C)c(C)c1C. The van der Waals surface area contributed by atoms with Crippen molar-refractivity contribution in [1.29, 1.82) is 0 Å². The topological polar surface area (TPSA) is 38.5 Å². The van der Waals surface area contributed by atoms with E-state index in [1.54, 1.807) is 7.11 Å². The minimum Gasteiger partial charge on any atom is -0.496 e. The Balaban J connectivity index is 3.28. The summed E-state index contributed by atoms with van der Waals surface area (Å²) in [5.41, 5.74) is 10.8. The number of anilines is 1. The molecule has 0 amide bonds. The van der Waals surface area contributed by atoms with Crippen LogP contribution in [-0.2, 0) is 0 Å². The van der Waals surface area contributed by atoms with Gasteiger partial charge in [0.05, 0.1) is 7.11 Å². The summed E-state index contributed by atoms with van der Waals surface area (Å²) >= 11 is 0. The van der Waals surface area contributed by atoms with Crippen LogP contribution in [0.25, 0.3) is 0 Å². The summed E-state index contributed by atoms with van der Waals surface area (Å²) in [5, 5.41) is 0. The molecule has 0 saturated carbocycles. The Kier molecular flexibility index (Phi) is 5.24. The molecule has 0 saturated heterocycles. The van der Waals surface area contributed by atoms with Crippen molar-refractivity contribution < 1.29 is 4.74 Å². The van der Waals surface area contributed by atoms with Crippen LogP contribution in [0.3, 0.4) is 0 Å². The number of methoxy groups -OCH3 is 1. The Morgan fingerprint density at radius 3 is 2.21 bits per heavy atom. The predicted octanol–water partition coefficient (Wildman–Crippen LogP) is 3.04. The molecule has 1 unspecified atom stereocenters. The molecule has 3 nitrogen and oxygen atoms in total. The monoisotopic (exact) mass is 264 g/mol. The molecule has 0 fully saturated rings. The van der Waals surface area contributed by atoms with Gasteiger partial charge in [-0.25, -0.2) is 0 Å². The van der Waals surface area contributed by atoms with Crippen LogP contribution in [0.2, 0.25) is 0 Å². The second kappa shape index (κ2) is 6.29. The Labute approximate surface area is 117 Å². The van der Waals surface area contributed by atoms with Crippen molar-refractivity contribution in [3.05, 3.63) is 22.8 Å². The molecule has 1 atom stereocenters. The van der Waals surface area contributed by atoms with Gasteiger partial charge >= 0.3 is 0 Å². The Morgan fingerprint density at radius 2 is 1.79 bits per heavy atom. The second-order valence-corrected chi connectivity index (χ2v) is 5.65. The largest absolute Gasteiger partial charge is 0.496 e. The highest BCUT2D eigenvalue weighted by Crippen LogP contribution is 2.34. The van der Waals surface area contributed by atoms with E-state index in [4.69, 9.17) is 10.5 Å². The van der Waals surface area contributed by atoms with E-state index in [0.29, 0.717) is 18.5 Å².